The third-order valence-corrected chi connectivity index (χ3v) is 1.20. The molecule has 0 amide bonds. The number of rotatable bonds is 3. The molecular formula is C13H33N. The van der Waals surface area contributed by atoms with Gasteiger partial charge in [0.25, 0.3) is 0 Å². The first-order valence-electron chi connectivity index (χ1n) is 6.21. The van der Waals surface area contributed by atoms with Crippen LogP contribution in [0.4, 0.5) is 0 Å². The molecule has 0 aromatic carbocycles. The highest BCUT2D eigenvalue weighted by Crippen LogP contribution is 2.04. The van der Waals surface area contributed by atoms with Gasteiger partial charge in [0, 0.05) is 6.04 Å². The van der Waals surface area contributed by atoms with Crippen molar-refractivity contribution in [1.29, 1.82) is 0 Å². The van der Waals surface area contributed by atoms with E-state index in [2.05, 4.69) is 48.5 Å². The molecule has 0 spiro atoms. The Bertz CT molecular complexity index is 57.6. The van der Waals surface area contributed by atoms with E-state index in [-0.39, 0.29) is 0 Å². The lowest BCUT2D eigenvalue weighted by molar-refractivity contribution is 0.514. The minimum absolute atomic E-state index is 0.386. The molecule has 1 atom stereocenters. The summed E-state index contributed by atoms with van der Waals surface area (Å²) in [6.07, 6.45) is 4.93. The topological polar surface area (TPSA) is 26.0 Å². The lowest BCUT2D eigenvalue weighted by Gasteiger charge is -2.05. The van der Waals surface area contributed by atoms with Gasteiger partial charge in [-0.1, -0.05) is 54.4 Å². The second-order valence-electron chi connectivity index (χ2n) is 4.36. The van der Waals surface area contributed by atoms with Crippen molar-refractivity contribution >= 4 is 0 Å². The molecule has 1 heteroatoms. The van der Waals surface area contributed by atoms with Gasteiger partial charge in [0.15, 0.2) is 0 Å². The molecule has 2 N–H and O–H groups in total. The quantitative estimate of drug-likeness (QED) is 0.712. The maximum Gasteiger partial charge on any atom is 0.00105 e. The van der Waals surface area contributed by atoms with Crippen LogP contribution in [0.2, 0.25) is 0 Å². The molecule has 0 radical (unpaired) electrons. The van der Waals surface area contributed by atoms with Gasteiger partial charge in [-0.25, -0.2) is 0 Å². The molecule has 0 fully saturated rings. The van der Waals surface area contributed by atoms with E-state index in [1.165, 1.54) is 19.3 Å². The van der Waals surface area contributed by atoms with E-state index in [4.69, 9.17) is 5.73 Å². The van der Waals surface area contributed by atoms with Crippen molar-refractivity contribution < 1.29 is 0 Å². The Hall–Kier alpha value is -0.0400. The van der Waals surface area contributed by atoms with Gasteiger partial charge in [0.2, 0.25) is 0 Å². The Balaban J connectivity index is -0.000000168. The lowest BCUT2D eigenvalue weighted by atomic mass is 10.1. The molecule has 0 heterocycles. The number of hydrogen-bond donors (Lipinski definition) is 1. The minimum atomic E-state index is 0.386. The zero-order chi connectivity index (χ0) is 12.0. The third-order valence-electron chi connectivity index (χ3n) is 1.20. The molecule has 0 aliphatic heterocycles. The molecule has 90 valence electrons. The van der Waals surface area contributed by atoms with Crippen molar-refractivity contribution in [3.8, 4) is 0 Å². The number of nitrogens with two attached hydrogens (primary N) is 1. The highest BCUT2D eigenvalue weighted by atomic mass is 14.6. The molecular weight excluding hydrogens is 170 g/mol. The maximum absolute atomic E-state index is 5.54. The first-order valence-corrected chi connectivity index (χ1v) is 6.21. The smallest absolute Gasteiger partial charge is 0.00105 e. The molecule has 0 aromatic heterocycles. The molecule has 0 rings (SSSR count). The van der Waals surface area contributed by atoms with Crippen LogP contribution in [0.25, 0.3) is 0 Å². The summed E-state index contributed by atoms with van der Waals surface area (Å²) in [4.78, 5) is 0. The first-order chi connectivity index (χ1) is 6.45. The predicted molar refractivity (Wildman–Crippen MR) is 69.7 cm³/mol. The summed E-state index contributed by atoms with van der Waals surface area (Å²) in [6, 6.07) is 0.386. The Morgan fingerprint density at radius 1 is 0.786 bits per heavy atom. The van der Waals surface area contributed by atoms with Crippen LogP contribution in [0, 0.1) is 5.92 Å². The van der Waals surface area contributed by atoms with Gasteiger partial charge in [-0.05, 0) is 25.7 Å². The van der Waals surface area contributed by atoms with Crippen LogP contribution in [0.5, 0.6) is 0 Å². The molecule has 0 saturated carbocycles. The lowest BCUT2D eigenvalue weighted by Crippen LogP contribution is -2.14. The second kappa shape index (κ2) is 18.7. The van der Waals surface area contributed by atoms with Crippen molar-refractivity contribution in [2.75, 3.05) is 0 Å². The summed E-state index contributed by atoms with van der Waals surface area (Å²) in [5.41, 5.74) is 5.54. The van der Waals surface area contributed by atoms with E-state index in [1.807, 2.05) is 0 Å². The zero-order valence-corrected chi connectivity index (χ0v) is 11.6. The SMILES string of the molecule is CC(C)CCC(C)N.CCC.CCC. The van der Waals surface area contributed by atoms with Crippen LogP contribution in [0.15, 0.2) is 0 Å². The first kappa shape index (κ1) is 19.5. The normalized spacial score (nSPS) is 10.9. The molecule has 0 bridgehead atoms. The Morgan fingerprint density at radius 3 is 1.14 bits per heavy atom. The van der Waals surface area contributed by atoms with Crippen molar-refractivity contribution in [3.63, 3.8) is 0 Å². The average molecular weight is 203 g/mol. The van der Waals surface area contributed by atoms with Gasteiger partial charge in [0.05, 0.1) is 0 Å². The molecule has 0 saturated heterocycles. The highest BCUT2D eigenvalue weighted by Gasteiger charge is 1.95. The monoisotopic (exact) mass is 203 g/mol. The molecule has 0 aliphatic carbocycles. The van der Waals surface area contributed by atoms with Crippen LogP contribution in [0.3, 0.4) is 0 Å². The average Bonchev–Trinajstić information content (AvgIpc) is 2.04. The summed E-state index contributed by atoms with van der Waals surface area (Å²) < 4.78 is 0. The molecule has 1 unspecified atom stereocenters. The van der Waals surface area contributed by atoms with Gasteiger partial charge >= 0.3 is 0 Å². The van der Waals surface area contributed by atoms with Crippen LogP contribution < -0.4 is 5.73 Å². The van der Waals surface area contributed by atoms with E-state index in [0.717, 1.165) is 12.3 Å². The fourth-order valence-corrected chi connectivity index (χ4v) is 0.596. The Morgan fingerprint density at radius 2 is 1.07 bits per heavy atom. The molecule has 0 aromatic rings. The van der Waals surface area contributed by atoms with Crippen molar-refractivity contribution in [3.05, 3.63) is 0 Å². The number of hydrogen-bond acceptors (Lipinski definition) is 1. The van der Waals surface area contributed by atoms with E-state index in [1.54, 1.807) is 0 Å². The van der Waals surface area contributed by atoms with Gasteiger partial charge in [0.1, 0.15) is 0 Å². The van der Waals surface area contributed by atoms with Crippen molar-refractivity contribution in [2.45, 2.75) is 80.2 Å². The zero-order valence-electron chi connectivity index (χ0n) is 11.6. The molecule has 0 aliphatic rings. The summed E-state index contributed by atoms with van der Waals surface area (Å²) in [7, 11) is 0. The second-order valence-corrected chi connectivity index (χ2v) is 4.36. The summed E-state index contributed by atoms with van der Waals surface area (Å²) in [5.74, 6) is 0.806. The fraction of sp³-hybridized carbons (Fsp3) is 1.00. The standard InChI is InChI=1S/C7H17N.2C3H8/c1-6(2)4-5-7(3)8;2*1-3-2/h6-7H,4-5,8H2,1-3H3;2*3H2,1-2H3. The highest BCUT2D eigenvalue weighted by molar-refractivity contribution is 4.54. The van der Waals surface area contributed by atoms with Crippen molar-refractivity contribution in [2.24, 2.45) is 11.7 Å². The largest absolute Gasteiger partial charge is 0.328 e. The summed E-state index contributed by atoms with van der Waals surface area (Å²) in [5, 5.41) is 0. The Kier molecular flexibility index (Phi) is 26.1. The summed E-state index contributed by atoms with van der Waals surface area (Å²) >= 11 is 0. The van der Waals surface area contributed by atoms with Gasteiger partial charge < -0.3 is 5.73 Å². The molecule has 1 nitrogen and oxygen atoms in total. The molecule has 14 heavy (non-hydrogen) atoms. The maximum atomic E-state index is 5.54. The van der Waals surface area contributed by atoms with Gasteiger partial charge in [-0.3, -0.25) is 0 Å². The van der Waals surface area contributed by atoms with Gasteiger partial charge in [-0.2, -0.15) is 0 Å². The van der Waals surface area contributed by atoms with Gasteiger partial charge in [-0.15, -0.1) is 0 Å². The van der Waals surface area contributed by atoms with E-state index >= 15 is 0 Å². The van der Waals surface area contributed by atoms with E-state index < -0.39 is 0 Å². The van der Waals surface area contributed by atoms with E-state index in [0.29, 0.717) is 6.04 Å². The third kappa shape index (κ3) is 58.4. The summed E-state index contributed by atoms with van der Waals surface area (Å²) in [6.45, 7) is 15.0. The van der Waals surface area contributed by atoms with Crippen LogP contribution in [-0.4, -0.2) is 6.04 Å². The van der Waals surface area contributed by atoms with Crippen LogP contribution in [-0.2, 0) is 0 Å². The Labute approximate surface area is 92.5 Å². The minimum Gasteiger partial charge on any atom is -0.328 e. The van der Waals surface area contributed by atoms with Crippen LogP contribution >= 0.6 is 0 Å². The fourth-order valence-electron chi connectivity index (χ4n) is 0.596. The van der Waals surface area contributed by atoms with Crippen molar-refractivity contribution in [1.82, 2.24) is 0 Å². The van der Waals surface area contributed by atoms with Crippen LogP contribution in [0.1, 0.15) is 74.1 Å². The van der Waals surface area contributed by atoms with E-state index in [9.17, 15) is 0 Å². The predicted octanol–water partition coefficient (Wildman–Crippen LogP) is 4.60.